The summed E-state index contributed by atoms with van der Waals surface area (Å²) in [5.74, 6) is -0.398. The van der Waals surface area contributed by atoms with Crippen molar-refractivity contribution in [2.45, 2.75) is 25.5 Å². The molecule has 5 nitrogen and oxygen atoms in total. The smallest absolute Gasteiger partial charge is 0.414 e. The fourth-order valence-electron chi connectivity index (χ4n) is 3.09. The zero-order chi connectivity index (χ0) is 21.0. The first-order chi connectivity index (χ1) is 14.7. The third-order valence-electron chi connectivity index (χ3n) is 4.68. The molecule has 0 aromatic heterocycles. The predicted octanol–water partition coefficient (Wildman–Crippen LogP) is 3.88. The Morgan fingerprint density at radius 1 is 0.733 bits per heavy atom. The van der Waals surface area contributed by atoms with Gasteiger partial charge in [0.2, 0.25) is 5.91 Å². The van der Waals surface area contributed by atoms with Crippen LogP contribution in [0, 0.1) is 0 Å². The molecule has 3 rings (SSSR count). The van der Waals surface area contributed by atoms with Gasteiger partial charge in [0.25, 0.3) is 0 Å². The van der Waals surface area contributed by atoms with Gasteiger partial charge in [-0.2, -0.15) is 0 Å². The van der Waals surface area contributed by atoms with Crippen LogP contribution in [0.5, 0.6) is 0 Å². The van der Waals surface area contributed by atoms with Crippen LogP contribution in [0.2, 0.25) is 0 Å². The van der Waals surface area contributed by atoms with Crippen molar-refractivity contribution in [3.8, 4) is 0 Å². The quantitative estimate of drug-likeness (QED) is 0.570. The molecular weight excluding hydrogens is 376 g/mol. The molecule has 0 heterocycles. The monoisotopic (exact) mass is 402 g/mol. The maximum atomic E-state index is 12.7. The van der Waals surface area contributed by atoms with Crippen LogP contribution in [-0.2, 0) is 29.0 Å². The van der Waals surface area contributed by atoms with E-state index in [-0.39, 0.29) is 6.61 Å². The number of carbonyl (C=O) groups is 2. The molecule has 2 N–H and O–H groups in total. The van der Waals surface area contributed by atoms with Crippen LogP contribution in [0.3, 0.4) is 0 Å². The maximum Gasteiger partial charge on any atom is 0.414 e. The van der Waals surface area contributed by atoms with E-state index in [1.165, 1.54) is 5.56 Å². The highest BCUT2D eigenvalue weighted by Crippen LogP contribution is 2.06. The summed E-state index contributed by atoms with van der Waals surface area (Å²) in [6, 6.07) is 28.6. The lowest BCUT2D eigenvalue weighted by atomic mass is 10.0. The Morgan fingerprint density at radius 2 is 1.27 bits per heavy atom. The van der Waals surface area contributed by atoms with Crippen molar-refractivity contribution in [3.63, 3.8) is 0 Å². The van der Waals surface area contributed by atoms with Crippen molar-refractivity contribution in [3.05, 3.63) is 108 Å². The van der Waals surface area contributed by atoms with Gasteiger partial charge in [0.1, 0.15) is 6.61 Å². The first-order valence-electron chi connectivity index (χ1n) is 10.0. The van der Waals surface area contributed by atoms with Gasteiger partial charge >= 0.3 is 6.09 Å². The Morgan fingerprint density at radius 3 is 1.87 bits per heavy atom. The second kappa shape index (κ2) is 11.5. The van der Waals surface area contributed by atoms with E-state index in [4.69, 9.17) is 4.74 Å². The second-order valence-corrected chi connectivity index (χ2v) is 6.98. The van der Waals surface area contributed by atoms with Crippen molar-refractivity contribution in [1.29, 1.82) is 0 Å². The fraction of sp³-hybridized carbons (Fsp3) is 0.200. The molecule has 0 saturated heterocycles. The van der Waals surface area contributed by atoms with E-state index in [0.29, 0.717) is 13.0 Å². The number of carbonyl (C=O) groups excluding carboxylic acids is 2. The van der Waals surface area contributed by atoms with Gasteiger partial charge in [-0.3, -0.25) is 10.1 Å². The van der Waals surface area contributed by atoms with Gasteiger partial charge < -0.3 is 10.1 Å². The number of hydrogen-bond acceptors (Lipinski definition) is 4. The molecule has 0 fully saturated rings. The Kier molecular flexibility index (Phi) is 8.18. The van der Waals surface area contributed by atoms with Crippen LogP contribution in [0.1, 0.15) is 16.7 Å². The standard InChI is InChI=1S/C25H26N2O3/c28-24(27-25(29)30-19-22-14-8-3-9-15-22)23(18-21-12-6-2-7-13-21)26-17-16-20-10-4-1-5-11-20/h1-15,23,26H,16-19H2,(H,27,28,29)/t23-/m0/s1. The first-order valence-corrected chi connectivity index (χ1v) is 10.0. The molecule has 0 saturated carbocycles. The Balaban J connectivity index is 1.55. The van der Waals surface area contributed by atoms with E-state index >= 15 is 0 Å². The molecule has 154 valence electrons. The molecule has 3 aromatic rings. The topological polar surface area (TPSA) is 67.4 Å². The van der Waals surface area contributed by atoms with Gasteiger partial charge in [-0.25, -0.2) is 4.79 Å². The largest absolute Gasteiger partial charge is 0.444 e. The predicted molar refractivity (Wildman–Crippen MR) is 117 cm³/mol. The minimum atomic E-state index is -0.744. The summed E-state index contributed by atoms with van der Waals surface area (Å²) in [5, 5.41) is 5.63. The third kappa shape index (κ3) is 7.18. The molecule has 30 heavy (non-hydrogen) atoms. The van der Waals surface area contributed by atoms with Gasteiger partial charge in [0, 0.05) is 0 Å². The van der Waals surface area contributed by atoms with Crippen LogP contribution in [-0.4, -0.2) is 24.6 Å². The van der Waals surface area contributed by atoms with E-state index in [9.17, 15) is 9.59 Å². The van der Waals surface area contributed by atoms with Crippen molar-refractivity contribution < 1.29 is 14.3 Å². The van der Waals surface area contributed by atoms with Gasteiger partial charge in [-0.05, 0) is 36.1 Å². The van der Waals surface area contributed by atoms with Gasteiger partial charge in [-0.15, -0.1) is 0 Å². The van der Waals surface area contributed by atoms with Crippen LogP contribution in [0.15, 0.2) is 91.0 Å². The van der Waals surface area contributed by atoms with Gasteiger partial charge in [0.05, 0.1) is 6.04 Å². The highest BCUT2D eigenvalue weighted by molar-refractivity contribution is 5.95. The highest BCUT2D eigenvalue weighted by Gasteiger charge is 2.21. The lowest BCUT2D eigenvalue weighted by Crippen LogP contribution is -2.48. The molecule has 1 atom stereocenters. The number of ether oxygens (including phenoxy) is 1. The molecule has 2 amide bonds. The van der Waals surface area contributed by atoms with Crippen molar-refractivity contribution >= 4 is 12.0 Å². The van der Waals surface area contributed by atoms with Crippen LogP contribution < -0.4 is 10.6 Å². The van der Waals surface area contributed by atoms with E-state index in [0.717, 1.165) is 17.5 Å². The SMILES string of the molecule is O=C(NC(=O)[C@H](Cc1ccccc1)NCCc1ccccc1)OCc1ccccc1. The van der Waals surface area contributed by atoms with Gasteiger partial charge in [-0.1, -0.05) is 91.0 Å². The average Bonchev–Trinajstić information content (AvgIpc) is 2.79. The normalized spacial score (nSPS) is 11.5. The number of imide groups is 1. The number of benzene rings is 3. The van der Waals surface area contributed by atoms with Crippen molar-refractivity contribution in [2.75, 3.05) is 6.54 Å². The highest BCUT2D eigenvalue weighted by atomic mass is 16.5. The lowest BCUT2D eigenvalue weighted by molar-refractivity contribution is -0.122. The summed E-state index contributed by atoms with van der Waals surface area (Å²) in [5.41, 5.74) is 3.07. The zero-order valence-electron chi connectivity index (χ0n) is 16.8. The zero-order valence-corrected chi connectivity index (χ0v) is 16.8. The lowest BCUT2D eigenvalue weighted by Gasteiger charge is -2.18. The number of alkyl carbamates (subject to hydrolysis) is 1. The second-order valence-electron chi connectivity index (χ2n) is 6.98. The van der Waals surface area contributed by atoms with Gasteiger partial charge in [0.15, 0.2) is 0 Å². The van der Waals surface area contributed by atoms with Crippen LogP contribution >= 0.6 is 0 Å². The molecule has 3 aromatic carbocycles. The minimum Gasteiger partial charge on any atom is -0.444 e. The van der Waals surface area contributed by atoms with E-state index in [1.54, 1.807) is 0 Å². The summed E-state index contributed by atoms with van der Waals surface area (Å²) < 4.78 is 5.17. The van der Waals surface area contributed by atoms with E-state index in [2.05, 4.69) is 22.8 Å². The Bertz CT molecular complexity index is 915. The Labute approximate surface area is 177 Å². The summed E-state index contributed by atoms with van der Waals surface area (Å²) in [7, 11) is 0. The summed E-state index contributed by atoms with van der Waals surface area (Å²) in [6.45, 7) is 0.735. The molecule has 0 radical (unpaired) electrons. The molecular formula is C25H26N2O3. The maximum absolute atomic E-state index is 12.7. The molecule has 0 bridgehead atoms. The molecule has 0 spiro atoms. The van der Waals surface area contributed by atoms with Crippen molar-refractivity contribution in [1.82, 2.24) is 10.6 Å². The number of hydrogen-bond donors (Lipinski definition) is 2. The number of rotatable bonds is 9. The first kappa shape index (κ1) is 21.3. The number of nitrogens with one attached hydrogen (secondary N) is 2. The molecule has 5 heteroatoms. The average molecular weight is 402 g/mol. The third-order valence-corrected chi connectivity index (χ3v) is 4.68. The summed E-state index contributed by atoms with van der Waals surface area (Å²) in [6.07, 6.45) is 0.525. The molecule has 0 aliphatic heterocycles. The minimum absolute atomic E-state index is 0.116. The molecule has 0 aliphatic carbocycles. The van der Waals surface area contributed by atoms with Crippen molar-refractivity contribution in [2.24, 2.45) is 0 Å². The fourth-order valence-corrected chi connectivity index (χ4v) is 3.09. The summed E-state index contributed by atoms with van der Waals surface area (Å²) in [4.78, 5) is 24.8. The molecule has 0 unspecified atom stereocenters. The Hall–Kier alpha value is -3.44. The summed E-state index contributed by atoms with van der Waals surface area (Å²) >= 11 is 0. The van der Waals surface area contributed by atoms with Crippen LogP contribution in [0.4, 0.5) is 4.79 Å². The van der Waals surface area contributed by atoms with E-state index < -0.39 is 18.0 Å². The number of amides is 2. The van der Waals surface area contributed by atoms with Crippen LogP contribution in [0.25, 0.3) is 0 Å². The molecule has 0 aliphatic rings. The van der Waals surface area contributed by atoms with E-state index in [1.807, 2.05) is 78.9 Å².